The van der Waals surface area contributed by atoms with Crippen LogP contribution in [0.25, 0.3) is 11.0 Å². The number of benzene rings is 1. The van der Waals surface area contributed by atoms with E-state index in [1.807, 2.05) is 6.92 Å². The van der Waals surface area contributed by atoms with Gasteiger partial charge in [0.2, 0.25) is 0 Å². The number of rotatable bonds is 3. The number of aromatic nitrogens is 2. The van der Waals surface area contributed by atoms with Gasteiger partial charge in [-0.2, -0.15) is 0 Å². The number of anilines is 1. The molecular formula is C18H22N4O3. The maximum absolute atomic E-state index is 12.3. The Morgan fingerprint density at radius 3 is 2.72 bits per heavy atom. The molecule has 1 aliphatic rings. The molecule has 25 heavy (non-hydrogen) atoms. The Hall–Kier alpha value is -2.54. The number of amides is 1. The van der Waals surface area contributed by atoms with Crippen LogP contribution in [0.5, 0.6) is 0 Å². The molecule has 1 saturated heterocycles. The van der Waals surface area contributed by atoms with Gasteiger partial charge in [0, 0.05) is 38.3 Å². The first-order chi connectivity index (χ1) is 11.9. The van der Waals surface area contributed by atoms with E-state index in [0.717, 1.165) is 18.9 Å². The van der Waals surface area contributed by atoms with Crippen molar-refractivity contribution in [2.45, 2.75) is 20.0 Å². The summed E-state index contributed by atoms with van der Waals surface area (Å²) >= 11 is 0. The molecule has 1 aromatic carbocycles. The van der Waals surface area contributed by atoms with E-state index >= 15 is 0 Å². The van der Waals surface area contributed by atoms with Gasteiger partial charge in [0.15, 0.2) is 5.78 Å². The SMILES string of the molecule is CC(=O)c1cc(C(=O)N(C)C)cc2ncc(N3CCOC(C)C3)nc12. The molecule has 7 nitrogen and oxygen atoms in total. The van der Waals surface area contributed by atoms with Gasteiger partial charge in [-0.25, -0.2) is 4.98 Å². The van der Waals surface area contributed by atoms with Crippen molar-refractivity contribution in [3.8, 4) is 0 Å². The molecular weight excluding hydrogens is 320 g/mol. The first kappa shape index (κ1) is 17.3. The van der Waals surface area contributed by atoms with E-state index in [2.05, 4.69) is 14.9 Å². The average Bonchev–Trinajstić information content (AvgIpc) is 2.59. The normalized spacial score (nSPS) is 17.6. The molecule has 132 valence electrons. The summed E-state index contributed by atoms with van der Waals surface area (Å²) in [6.07, 6.45) is 1.81. The summed E-state index contributed by atoms with van der Waals surface area (Å²) in [6, 6.07) is 3.29. The van der Waals surface area contributed by atoms with E-state index < -0.39 is 0 Å². The van der Waals surface area contributed by atoms with Crippen molar-refractivity contribution in [1.82, 2.24) is 14.9 Å². The number of hydrogen-bond acceptors (Lipinski definition) is 6. The molecule has 0 aliphatic carbocycles. The molecule has 0 saturated carbocycles. The zero-order valence-electron chi connectivity index (χ0n) is 14.9. The Morgan fingerprint density at radius 2 is 2.08 bits per heavy atom. The Kier molecular flexibility index (Phi) is 4.67. The van der Waals surface area contributed by atoms with Gasteiger partial charge in [-0.05, 0) is 26.0 Å². The first-order valence-corrected chi connectivity index (χ1v) is 8.26. The van der Waals surface area contributed by atoms with Crippen LogP contribution in [-0.2, 0) is 4.74 Å². The smallest absolute Gasteiger partial charge is 0.253 e. The zero-order chi connectivity index (χ0) is 18.1. The second-order valence-corrected chi connectivity index (χ2v) is 6.50. The van der Waals surface area contributed by atoms with Crippen molar-refractivity contribution >= 4 is 28.5 Å². The van der Waals surface area contributed by atoms with Gasteiger partial charge in [-0.3, -0.25) is 14.6 Å². The molecule has 7 heteroatoms. The van der Waals surface area contributed by atoms with Crippen LogP contribution >= 0.6 is 0 Å². The topological polar surface area (TPSA) is 75.6 Å². The van der Waals surface area contributed by atoms with Crippen LogP contribution in [0.2, 0.25) is 0 Å². The second-order valence-electron chi connectivity index (χ2n) is 6.50. The van der Waals surface area contributed by atoms with Crippen molar-refractivity contribution in [2.24, 2.45) is 0 Å². The number of hydrogen-bond donors (Lipinski definition) is 0. The molecule has 3 rings (SSSR count). The quantitative estimate of drug-likeness (QED) is 0.791. The second kappa shape index (κ2) is 6.76. The molecule has 1 amide bonds. The summed E-state index contributed by atoms with van der Waals surface area (Å²) in [5.74, 6) is 0.411. The van der Waals surface area contributed by atoms with E-state index in [1.54, 1.807) is 32.4 Å². The highest BCUT2D eigenvalue weighted by Gasteiger charge is 2.21. The Labute approximate surface area is 146 Å². The van der Waals surface area contributed by atoms with Crippen LogP contribution in [0, 0.1) is 0 Å². The molecule has 1 atom stereocenters. The standard InChI is InChI=1S/C18H22N4O3/c1-11-10-22(5-6-25-11)16-9-19-15-8-13(18(24)21(3)4)7-14(12(2)23)17(15)20-16/h7-9,11H,5-6,10H2,1-4H3. The highest BCUT2D eigenvalue weighted by atomic mass is 16.5. The van der Waals surface area contributed by atoms with Gasteiger partial charge in [-0.15, -0.1) is 0 Å². The predicted molar refractivity (Wildman–Crippen MR) is 95.2 cm³/mol. The number of carbonyl (C=O) groups is 2. The number of fused-ring (bicyclic) bond motifs is 1. The van der Waals surface area contributed by atoms with Gasteiger partial charge >= 0.3 is 0 Å². The molecule has 2 aromatic rings. The molecule has 2 heterocycles. The monoisotopic (exact) mass is 342 g/mol. The molecule has 0 spiro atoms. The lowest BCUT2D eigenvalue weighted by atomic mass is 10.0. The molecule has 1 fully saturated rings. The van der Waals surface area contributed by atoms with Crippen LogP contribution in [0.1, 0.15) is 34.6 Å². The maximum atomic E-state index is 12.3. The summed E-state index contributed by atoms with van der Waals surface area (Å²) in [4.78, 5) is 37.1. The van der Waals surface area contributed by atoms with Crippen molar-refractivity contribution in [2.75, 3.05) is 38.7 Å². The molecule has 1 unspecified atom stereocenters. The highest BCUT2D eigenvalue weighted by Crippen LogP contribution is 2.23. The van der Waals surface area contributed by atoms with Gasteiger partial charge in [0.1, 0.15) is 11.3 Å². The van der Waals surface area contributed by atoms with E-state index in [0.29, 0.717) is 28.8 Å². The number of nitrogens with zero attached hydrogens (tertiary/aromatic N) is 4. The minimum atomic E-state index is -0.169. The fourth-order valence-corrected chi connectivity index (χ4v) is 2.93. The van der Waals surface area contributed by atoms with E-state index in [4.69, 9.17) is 4.74 Å². The molecule has 0 bridgehead atoms. The van der Waals surface area contributed by atoms with Crippen molar-refractivity contribution in [3.63, 3.8) is 0 Å². The van der Waals surface area contributed by atoms with Crippen LogP contribution in [0.15, 0.2) is 18.3 Å². The van der Waals surface area contributed by atoms with Gasteiger partial charge < -0.3 is 14.5 Å². The maximum Gasteiger partial charge on any atom is 0.253 e. The number of morpholine rings is 1. The summed E-state index contributed by atoms with van der Waals surface area (Å²) in [5, 5.41) is 0. The van der Waals surface area contributed by atoms with Crippen LogP contribution in [0.3, 0.4) is 0 Å². The summed E-state index contributed by atoms with van der Waals surface area (Å²) < 4.78 is 5.56. The fourth-order valence-electron chi connectivity index (χ4n) is 2.93. The summed E-state index contributed by atoms with van der Waals surface area (Å²) in [6.45, 7) is 5.59. The van der Waals surface area contributed by atoms with Gasteiger partial charge in [-0.1, -0.05) is 0 Å². The first-order valence-electron chi connectivity index (χ1n) is 8.26. The third kappa shape index (κ3) is 3.46. The minimum Gasteiger partial charge on any atom is -0.375 e. The lowest BCUT2D eigenvalue weighted by Gasteiger charge is -2.31. The largest absolute Gasteiger partial charge is 0.375 e. The number of ketones is 1. The minimum absolute atomic E-state index is 0.124. The number of Topliss-reactive ketones (excluding diaryl/α,β-unsaturated/α-hetero) is 1. The lowest BCUT2D eigenvalue weighted by Crippen LogP contribution is -2.41. The van der Waals surface area contributed by atoms with Crippen LogP contribution in [-0.4, -0.2) is 66.5 Å². The zero-order valence-corrected chi connectivity index (χ0v) is 14.9. The summed E-state index contributed by atoms with van der Waals surface area (Å²) in [5.41, 5.74) is 1.92. The summed E-state index contributed by atoms with van der Waals surface area (Å²) in [7, 11) is 3.35. The predicted octanol–water partition coefficient (Wildman–Crippen LogP) is 1.76. The Bertz CT molecular complexity index is 834. The van der Waals surface area contributed by atoms with E-state index in [-0.39, 0.29) is 17.8 Å². The molecule has 0 N–H and O–H groups in total. The average molecular weight is 342 g/mol. The fraction of sp³-hybridized carbons (Fsp3) is 0.444. The van der Waals surface area contributed by atoms with Crippen LogP contribution < -0.4 is 4.90 Å². The third-order valence-corrected chi connectivity index (χ3v) is 4.23. The van der Waals surface area contributed by atoms with Crippen molar-refractivity contribution in [3.05, 3.63) is 29.5 Å². The molecule has 1 aromatic heterocycles. The Balaban J connectivity index is 2.09. The van der Waals surface area contributed by atoms with Crippen molar-refractivity contribution < 1.29 is 14.3 Å². The van der Waals surface area contributed by atoms with Gasteiger partial charge in [0.25, 0.3) is 5.91 Å². The Morgan fingerprint density at radius 1 is 1.32 bits per heavy atom. The molecule has 0 radical (unpaired) electrons. The lowest BCUT2D eigenvalue weighted by molar-refractivity contribution is 0.0529. The van der Waals surface area contributed by atoms with Gasteiger partial charge in [0.05, 0.1) is 24.4 Å². The highest BCUT2D eigenvalue weighted by molar-refractivity contribution is 6.08. The van der Waals surface area contributed by atoms with Crippen LogP contribution in [0.4, 0.5) is 5.82 Å². The number of carbonyl (C=O) groups excluding carboxylic acids is 2. The van der Waals surface area contributed by atoms with E-state index in [9.17, 15) is 9.59 Å². The number of ether oxygens (including phenoxy) is 1. The van der Waals surface area contributed by atoms with Crippen molar-refractivity contribution in [1.29, 1.82) is 0 Å². The molecule has 1 aliphatic heterocycles. The third-order valence-electron chi connectivity index (χ3n) is 4.23. The van der Waals surface area contributed by atoms with E-state index in [1.165, 1.54) is 11.8 Å².